The van der Waals surface area contributed by atoms with E-state index in [1.165, 1.54) is 44.2 Å². The van der Waals surface area contributed by atoms with E-state index >= 15 is 0 Å². The molecule has 0 unspecified atom stereocenters. The van der Waals surface area contributed by atoms with Gasteiger partial charge in [-0.1, -0.05) is 30.7 Å². The summed E-state index contributed by atoms with van der Waals surface area (Å²) in [6.07, 6.45) is 4.19. The lowest BCUT2D eigenvalue weighted by Gasteiger charge is -2.12. The maximum absolute atomic E-state index is 13.5. The molecule has 0 aliphatic rings. The molecule has 4 aromatic rings. The quantitative estimate of drug-likeness (QED) is 0.315. The number of carbonyl (C=O) groups is 1. The van der Waals surface area contributed by atoms with Gasteiger partial charge in [0.25, 0.3) is 0 Å². The molecule has 0 bridgehead atoms. The molecule has 0 aliphatic carbocycles. The second kappa shape index (κ2) is 10.7. The zero-order chi connectivity index (χ0) is 26.7. The molecule has 2 heterocycles. The van der Waals surface area contributed by atoms with Crippen molar-refractivity contribution in [1.29, 1.82) is 0 Å². The third-order valence-electron chi connectivity index (χ3n) is 5.32. The second-order valence-corrected chi connectivity index (χ2v) is 12.0. The smallest absolute Gasteiger partial charge is 0.339 e. The van der Waals surface area contributed by atoms with Gasteiger partial charge >= 0.3 is 10.1 Å². The van der Waals surface area contributed by atoms with E-state index in [9.17, 15) is 21.6 Å². The average Bonchev–Trinajstić information content (AvgIpc) is 3.20. The third-order valence-corrected chi connectivity index (χ3v) is 8.46. The van der Waals surface area contributed by atoms with Crippen LogP contribution in [0.3, 0.4) is 0 Å². The van der Waals surface area contributed by atoms with Crippen LogP contribution in [0, 0.1) is 13.8 Å². The van der Waals surface area contributed by atoms with Crippen molar-refractivity contribution in [2.75, 3.05) is 0 Å². The summed E-state index contributed by atoms with van der Waals surface area (Å²) >= 11 is 0. The lowest BCUT2D eigenvalue weighted by atomic mass is 10.2. The fourth-order valence-corrected chi connectivity index (χ4v) is 6.38. The number of hydrogen-bond acceptors (Lipinski definition) is 6. The number of Topliss-reactive ketones (excluding diaryl/α,β-unsaturated/α-hetero) is 1. The standard InChI is InChI=1S/C24H23NO5S2.C3H6O/c1-4-19-16-25-14-6-5-7-22(25)24(19)31(26,27)21-12-13-23(18(3)15-21)30-32(28,29)20-10-8-17(2)9-11-20;1-3(2)4/h5-16H,4H2,1-3H3;1-2H3. The predicted octanol–water partition coefficient (Wildman–Crippen LogP) is 5.31. The Morgan fingerprint density at radius 2 is 1.50 bits per heavy atom. The van der Waals surface area contributed by atoms with E-state index in [2.05, 4.69) is 0 Å². The molecule has 0 atom stereocenters. The minimum atomic E-state index is -4.04. The number of carbonyl (C=O) groups excluding carboxylic acids is 1. The highest BCUT2D eigenvalue weighted by Gasteiger charge is 2.26. The molecule has 0 amide bonds. The molecule has 0 N–H and O–H groups in total. The lowest BCUT2D eigenvalue weighted by Crippen LogP contribution is -2.11. The Morgan fingerprint density at radius 1 is 0.889 bits per heavy atom. The Labute approximate surface area is 212 Å². The Kier molecular flexibility index (Phi) is 8.05. The zero-order valence-electron chi connectivity index (χ0n) is 20.8. The topological polar surface area (TPSA) is 99.0 Å². The monoisotopic (exact) mass is 527 g/mol. The van der Waals surface area contributed by atoms with Crippen LogP contribution in [-0.2, 0) is 31.2 Å². The molecule has 0 fully saturated rings. The summed E-state index contributed by atoms with van der Waals surface area (Å²) in [4.78, 5) is 9.83. The molecule has 0 spiro atoms. The van der Waals surface area contributed by atoms with E-state index in [0.717, 1.165) is 11.1 Å². The van der Waals surface area contributed by atoms with Gasteiger partial charge in [-0.3, -0.25) is 0 Å². The first-order valence-corrected chi connectivity index (χ1v) is 14.2. The van der Waals surface area contributed by atoms with Crippen LogP contribution in [0.4, 0.5) is 0 Å². The van der Waals surface area contributed by atoms with Crippen LogP contribution >= 0.6 is 0 Å². The molecule has 7 nitrogen and oxygen atoms in total. The Bertz CT molecular complexity index is 1610. The Balaban J connectivity index is 0.000000840. The molecule has 4 rings (SSSR count). The molecular formula is C27H29NO6S2. The van der Waals surface area contributed by atoms with Gasteiger partial charge in [-0.2, -0.15) is 8.42 Å². The first-order chi connectivity index (χ1) is 16.9. The van der Waals surface area contributed by atoms with E-state index in [1.807, 2.05) is 32.3 Å². The summed E-state index contributed by atoms with van der Waals surface area (Å²) in [6.45, 7) is 8.45. The zero-order valence-corrected chi connectivity index (χ0v) is 22.5. The van der Waals surface area contributed by atoms with E-state index in [-0.39, 0.29) is 26.2 Å². The highest BCUT2D eigenvalue weighted by atomic mass is 32.2. The summed E-state index contributed by atoms with van der Waals surface area (Å²) in [7, 11) is -7.87. The van der Waals surface area contributed by atoms with Gasteiger partial charge in [0.15, 0.2) is 0 Å². The van der Waals surface area contributed by atoms with Gasteiger partial charge in [-0.05, 0) is 87.7 Å². The summed E-state index contributed by atoms with van der Waals surface area (Å²) in [5.41, 5.74) is 2.66. The fourth-order valence-electron chi connectivity index (χ4n) is 3.59. The molecule has 0 saturated heterocycles. The second-order valence-electron chi connectivity index (χ2n) is 8.52. The maximum Gasteiger partial charge on any atom is 0.339 e. The SMILES string of the molecule is CC(C)=O.CCc1cn2ccccc2c1S(=O)(=O)c1ccc(OS(=O)(=O)c2ccc(C)cc2)c(C)c1. The van der Waals surface area contributed by atoms with Crippen LogP contribution in [0.15, 0.2) is 87.7 Å². The summed E-state index contributed by atoms with van der Waals surface area (Å²) in [5, 5.41) is 0. The summed E-state index contributed by atoms with van der Waals surface area (Å²) in [5.74, 6) is 0.252. The number of aromatic nitrogens is 1. The van der Waals surface area contributed by atoms with Crippen molar-refractivity contribution in [3.8, 4) is 5.75 Å². The molecular weight excluding hydrogens is 498 g/mol. The molecule has 9 heteroatoms. The largest absolute Gasteiger partial charge is 0.379 e. The van der Waals surface area contributed by atoms with Gasteiger partial charge < -0.3 is 13.4 Å². The lowest BCUT2D eigenvalue weighted by molar-refractivity contribution is -0.115. The molecule has 2 aromatic heterocycles. The number of rotatable bonds is 6. The number of nitrogens with zero attached hydrogens (tertiary/aromatic N) is 1. The number of hydrogen-bond donors (Lipinski definition) is 0. The van der Waals surface area contributed by atoms with Gasteiger partial charge in [-0.25, -0.2) is 8.42 Å². The molecule has 190 valence electrons. The minimum Gasteiger partial charge on any atom is -0.379 e. The van der Waals surface area contributed by atoms with Crippen LogP contribution < -0.4 is 4.18 Å². The number of benzene rings is 2. The van der Waals surface area contributed by atoms with Crippen LogP contribution in [0.1, 0.15) is 37.5 Å². The van der Waals surface area contributed by atoms with Crippen molar-refractivity contribution in [1.82, 2.24) is 4.40 Å². The highest BCUT2D eigenvalue weighted by molar-refractivity contribution is 7.91. The van der Waals surface area contributed by atoms with Crippen LogP contribution in [0.25, 0.3) is 5.52 Å². The van der Waals surface area contributed by atoms with E-state index in [1.54, 1.807) is 35.6 Å². The number of ketones is 1. The van der Waals surface area contributed by atoms with Crippen molar-refractivity contribution in [3.63, 3.8) is 0 Å². The molecule has 2 aromatic carbocycles. The number of aryl methyl sites for hydroxylation is 3. The molecule has 0 saturated carbocycles. The maximum atomic E-state index is 13.5. The number of fused-ring (bicyclic) bond motifs is 1. The van der Waals surface area contributed by atoms with Crippen molar-refractivity contribution in [2.45, 2.75) is 55.7 Å². The van der Waals surface area contributed by atoms with Crippen molar-refractivity contribution in [2.24, 2.45) is 0 Å². The van der Waals surface area contributed by atoms with Crippen molar-refractivity contribution in [3.05, 3.63) is 89.7 Å². The third kappa shape index (κ3) is 5.85. The van der Waals surface area contributed by atoms with E-state index in [0.29, 0.717) is 17.5 Å². The van der Waals surface area contributed by atoms with E-state index < -0.39 is 20.0 Å². The minimum absolute atomic E-state index is 0.0343. The van der Waals surface area contributed by atoms with Gasteiger partial charge in [0.1, 0.15) is 21.3 Å². The van der Waals surface area contributed by atoms with Gasteiger partial charge in [0, 0.05) is 12.4 Å². The summed E-state index contributed by atoms with van der Waals surface area (Å²) in [6, 6.07) is 15.9. The number of pyridine rings is 1. The normalized spacial score (nSPS) is 11.6. The molecule has 0 radical (unpaired) electrons. The molecule has 36 heavy (non-hydrogen) atoms. The van der Waals surface area contributed by atoms with Crippen molar-refractivity contribution < 1.29 is 25.8 Å². The van der Waals surface area contributed by atoms with Crippen molar-refractivity contribution >= 4 is 31.3 Å². The van der Waals surface area contributed by atoms with Gasteiger partial charge in [-0.15, -0.1) is 0 Å². The fraction of sp³-hybridized carbons (Fsp3) is 0.222. The summed E-state index contributed by atoms with van der Waals surface area (Å²) < 4.78 is 59.4. The first-order valence-electron chi connectivity index (χ1n) is 11.3. The van der Waals surface area contributed by atoms with Crippen LogP contribution in [-0.4, -0.2) is 27.0 Å². The first kappa shape index (κ1) is 27.2. The highest BCUT2D eigenvalue weighted by Crippen LogP contribution is 2.33. The average molecular weight is 528 g/mol. The van der Waals surface area contributed by atoms with Crippen LogP contribution in [0.5, 0.6) is 5.75 Å². The predicted molar refractivity (Wildman–Crippen MR) is 139 cm³/mol. The van der Waals surface area contributed by atoms with Gasteiger partial charge in [0.05, 0.1) is 10.4 Å². The van der Waals surface area contributed by atoms with Gasteiger partial charge in [0.2, 0.25) is 9.84 Å². The molecule has 0 aliphatic heterocycles. The van der Waals surface area contributed by atoms with Crippen LogP contribution in [0.2, 0.25) is 0 Å². The van der Waals surface area contributed by atoms with E-state index in [4.69, 9.17) is 4.18 Å². The Morgan fingerprint density at radius 3 is 2.08 bits per heavy atom. The number of sulfone groups is 1. The Hall–Kier alpha value is -3.43.